The maximum atomic E-state index is 14.3. The van der Waals surface area contributed by atoms with Crippen molar-refractivity contribution in [1.82, 2.24) is 0 Å². The zero-order valence-electron chi connectivity index (χ0n) is 28.9. The Balaban J connectivity index is 2.13. The minimum atomic E-state index is -4.24. The van der Waals surface area contributed by atoms with Gasteiger partial charge in [0.15, 0.2) is 0 Å². The van der Waals surface area contributed by atoms with E-state index in [9.17, 15) is 22.8 Å². The molecule has 0 radical (unpaired) electrons. The lowest BCUT2D eigenvalue weighted by Crippen LogP contribution is -2.43. The van der Waals surface area contributed by atoms with Crippen LogP contribution in [-0.2, 0) is 24.5 Å². The Labute approximate surface area is 289 Å². The monoisotopic (exact) mass is 684 g/mol. The maximum Gasteiger partial charge on any atom is 0.397 e. The minimum absolute atomic E-state index is 0.00376. The number of halogens is 3. The normalized spacial score (nSPS) is 15.2. The first-order chi connectivity index (χ1) is 22.8. The van der Waals surface area contributed by atoms with Crippen LogP contribution in [0.3, 0.4) is 0 Å². The summed E-state index contributed by atoms with van der Waals surface area (Å²) in [4.78, 5) is 27.0. The number of hydrogen-bond acceptors (Lipinski definition) is 5. The van der Waals surface area contributed by atoms with Crippen LogP contribution in [0.2, 0.25) is 0 Å². The molecule has 4 unspecified atom stereocenters. The van der Waals surface area contributed by atoms with Crippen LogP contribution in [0, 0.1) is 17.3 Å². The number of carbonyl (C=O) groups excluding carboxylic acids is 2. The van der Waals surface area contributed by atoms with Crippen molar-refractivity contribution in [2.75, 3.05) is 25.2 Å². The minimum Gasteiger partial charge on any atom is -0.469 e. The first kappa shape index (κ1) is 39.2. The Morgan fingerprint density at radius 3 is 1.88 bits per heavy atom. The third-order valence-corrected chi connectivity index (χ3v) is 10.5. The molecule has 0 amide bonds. The van der Waals surface area contributed by atoms with Crippen LogP contribution in [-0.4, -0.2) is 43.3 Å². The lowest BCUT2D eigenvalue weighted by molar-refractivity contribution is -0.159. The van der Waals surface area contributed by atoms with Gasteiger partial charge in [0, 0.05) is 5.41 Å². The Kier molecular flexibility index (Phi) is 15.1. The molecule has 0 aliphatic heterocycles. The van der Waals surface area contributed by atoms with Gasteiger partial charge in [0.25, 0.3) is 0 Å². The molecule has 0 saturated heterocycles. The number of methoxy groups -OCH3 is 1. The van der Waals surface area contributed by atoms with Gasteiger partial charge in [0.1, 0.15) is 0 Å². The fraction of sp³-hybridized carbons (Fsp3) is 0.500. The number of thioether (sulfide) groups is 1. The number of esters is 2. The molecule has 3 aromatic carbocycles. The summed E-state index contributed by atoms with van der Waals surface area (Å²) in [6.07, 6.45) is -0.715. The average molecular weight is 685 g/mol. The van der Waals surface area contributed by atoms with Crippen molar-refractivity contribution in [3.05, 3.63) is 108 Å². The van der Waals surface area contributed by atoms with Crippen molar-refractivity contribution in [2.45, 2.75) is 83.7 Å². The van der Waals surface area contributed by atoms with Gasteiger partial charge in [0.05, 0.1) is 30.8 Å². The van der Waals surface area contributed by atoms with Gasteiger partial charge in [-0.05, 0) is 73.3 Å². The molecule has 0 fully saturated rings. The highest BCUT2D eigenvalue weighted by molar-refractivity contribution is 7.99. The van der Waals surface area contributed by atoms with E-state index in [4.69, 9.17) is 9.47 Å². The van der Waals surface area contributed by atoms with Crippen molar-refractivity contribution >= 4 is 23.7 Å². The van der Waals surface area contributed by atoms with Crippen LogP contribution < -0.4 is 0 Å². The smallest absolute Gasteiger partial charge is 0.397 e. The van der Waals surface area contributed by atoms with Gasteiger partial charge < -0.3 is 9.47 Å². The zero-order valence-corrected chi connectivity index (χ0v) is 29.7. The lowest BCUT2D eigenvalue weighted by atomic mass is 9.59. The molecule has 0 aliphatic rings. The predicted molar refractivity (Wildman–Crippen MR) is 189 cm³/mol. The van der Waals surface area contributed by atoms with Gasteiger partial charge in [-0.3, -0.25) is 9.59 Å². The van der Waals surface area contributed by atoms with Crippen LogP contribution in [0.25, 0.3) is 0 Å². The van der Waals surface area contributed by atoms with Crippen LogP contribution >= 0.6 is 11.8 Å². The van der Waals surface area contributed by atoms with Crippen LogP contribution in [0.1, 0.15) is 88.8 Å². The van der Waals surface area contributed by atoms with E-state index in [1.807, 2.05) is 49.4 Å². The van der Waals surface area contributed by atoms with Crippen molar-refractivity contribution in [3.63, 3.8) is 0 Å². The average Bonchev–Trinajstić information content (AvgIpc) is 3.09. The highest BCUT2D eigenvalue weighted by Gasteiger charge is 2.48. The summed E-state index contributed by atoms with van der Waals surface area (Å²) in [6, 6.07) is 31.0. The summed E-state index contributed by atoms with van der Waals surface area (Å²) in [7, 11) is 1.34. The van der Waals surface area contributed by atoms with E-state index >= 15 is 0 Å². The molecule has 4 atom stereocenters. The highest BCUT2D eigenvalue weighted by atomic mass is 32.2. The van der Waals surface area contributed by atoms with E-state index in [1.165, 1.54) is 12.7 Å². The Bertz CT molecular complexity index is 1340. The predicted octanol–water partition coefficient (Wildman–Crippen LogP) is 10.4. The largest absolute Gasteiger partial charge is 0.469 e. The van der Waals surface area contributed by atoms with Crippen LogP contribution in [0.4, 0.5) is 13.2 Å². The maximum absolute atomic E-state index is 14.3. The van der Waals surface area contributed by atoms with Gasteiger partial charge in [-0.15, -0.1) is 0 Å². The molecule has 0 aromatic heterocycles. The molecule has 0 heterocycles. The fourth-order valence-corrected chi connectivity index (χ4v) is 7.57. The summed E-state index contributed by atoms with van der Waals surface area (Å²) in [6.45, 7) is 8.09. The number of carbonyl (C=O) groups is 2. The molecule has 0 spiro atoms. The van der Waals surface area contributed by atoms with E-state index in [0.717, 1.165) is 35.7 Å². The number of benzene rings is 3. The molecular formula is C40H51F3O4S. The Morgan fingerprint density at radius 1 is 0.833 bits per heavy atom. The van der Waals surface area contributed by atoms with E-state index in [1.54, 1.807) is 6.92 Å². The first-order valence-corrected chi connectivity index (χ1v) is 18.0. The first-order valence-electron chi connectivity index (χ1n) is 16.9. The van der Waals surface area contributed by atoms with Crippen LogP contribution in [0.5, 0.6) is 0 Å². The van der Waals surface area contributed by atoms with Gasteiger partial charge in [-0.25, -0.2) is 0 Å². The van der Waals surface area contributed by atoms with E-state index in [2.05, 4.69) is 62.4 Å². The fourth-order valence-electron chi connectivity index (χ4n) is 6.87. The molecule has 0 N–H and O–H groups in total. The lowest BCUT2D eigenvalue weighted by Gasteiger charge is -2.44. The van der Waals surface area contributed by atoms with Crippen molar-refractivity contribution in [3.8, 4) is 0 Å². The van der Waals surface area contributed by atoms with E-state index in [0.29, 0.717) is 25.2 Å². The van der Waals surface area contributed by atoms with Gasteiger partial charge >= 0.3 is 18.1 Å². The Morgan fingerprint density at radius 2 is 1.38 bits per heavy atom. The summed E-state index contributed by atoms with van der Waals surface area (Å²) in [5.74, 6) is -1.57. The molecule has 8 heteroatoms. The molecule has 0 aliphatic carbocycles. The summed E-state index contributed by atoms with van der Waals surface area (Å²) in [5, 5.41) is 0. The van der Waals surface area contributed by atoms with Gasteiger partial charge in [-0.2, -0.15) is 24.9 Å². The van der Waals surface area contributed by atoms with E-state index < -0.39 is 40.6 Å². The number of hydrogen-bond donors (Lipinski definition) is 0. The van der Waals surface area contributed by atoms with Crippen molar-refractivity contribution in [2.24, 2.45) is 17.3 Å². The van der Waals surface area contributed by atoms with E-state index in [-0.39, 0.29) is 24.7 Å². The third kappa shape index (κ3) is 11.4. The second kappa shape index (κ2) is 18.5. The number of ether oxygens (including phenoxy) is 2. The standard InChI is InChI=1S/C40H51F3O4S/c1-6-30(2)25-33(32-17-10-7-11-18-32)27-39(34-19-12-8-13-20-34,35-21-14-9-15-22-35)28-38(4,26-31(3)36(44)46-5)37(45)47-23-16-24-48-29-40(41,42)43/h7-15,17-22,30-31,33H,6,16,23-29H2,1-5H3. The molecule has 4 nitrogen and oxygen atoms in total. The molecule has 0 bridgehead atoms. The Hall–Kier alpha value is -3.26. The SMILES string of the molecule is CCC(C)CC(CC(CC(C)(CC(C)C(=O)OC)C(=O)OCCCSCC(F)(F)F)(c1ccccc1)c1ccccc1)c1ccccc1. The summed E-state index contributed by atoms with van der Waals surface area (Å²) in [5.41, 5.74) is 1.56. The molecular weight excluding hydrogens is 633 g/mol. The molecule has 3 aromatic rings. The second-order valence-corrected chi connectivity index (χ2v) is 14.5. The van der Waals surface area contributed by atoms with Crippen molar-refractivity contribution in [1.29, 1.82) is 0 Å². The van der Waals surface area contributed by atoms with Crippen LogP contribution in [0.15, 0.2) is 91.0 Å². The molecule has 48 heavy (non-hydrogen) atoms. The van der Waals surface area contributed by atoms with Gasteiger partial charge in [-0.1, -0.05) is 118 Å². The molecule has 3 rings (SSSR count). The molecule has 262 valence electrons. The quantitative estimate of drug-likeness (QED) is 0.0929. The molecule has 0 saturated carbocycles. The third-order valence-electron chi connectivity index (χ3n) is 9.38. The van der Waals surface area contributed by atoms with Crippen molar-refractivity contribution < 1.29 is 32.2 Å². The second-order valence-electron chi connectivity index (χ2n) is 13.4. The summed E-state index contributed by atoms with van der Waals surface area (Å²) >= 11 is 0.775. The highest BCUT2D eigenvalue weighted by Crippen LogP contribution is 2.51. The topological polar surface area (TPSA) is 52.6 Å². The van der Waals surface area contributed by atoms with Gasteiger partial charge in [0.2, 0.25) is 0 Å². The zero-order chi connectivity index (χ0) is 35.2. The number of alkyl halides is 3. The summed E-state index contributed by atoms with van der Waals surface area (Å²) < 4.78 is 48.9. The number of rotatable bonds is 19.